The van der Waals surface area contributed by atoms with Crippen molar-refractivity contribution < 1.29 is 22.7 Å². The fraction of sp³-hybridized carbons (Fsp3) is 0.278. The van der Waals surface area contributed by atoms with E-state index in [9.17, 15) is 13.2 Å². The average Bonchev–Trinajstić information content (AvgIpc) is 2.66. The number of nitrogens with two attached hydrogens (primary N) is 1. The minimum Gasteiger partial charge on any atom is -0.490 e. The van der Waals surface area contributed by atoms with Crippen LogP contribution >= 0.6 is 0 Å². The number of carbonyl (C=O) groups is 1. The Labute approximate surface area is 158 Å². The van der Waals surface area contributed by atoms with Gasteiger partial charge in [-0.15, -0.1) is 0 Å². The predicted molar refractivity (Wildman–Crippen MR) is 102 cm³/mol. The van der Waals surface area contributed by atoms with E-state index < -0.39 is 15.9 Å². The largest absolute Gasteiger partial charge is 0.490 e. The van der Waals surface area contributed by atoms with Gasteiger partial charge in [0, 0.05) is 18.8 Å². The SMILES string of the molecule is CCOc1ccccc1OCC(=O)Nc1cccc(S(=O)(=O)NCCN)c1. The van der Waals surface area contributed by atoms with Crippen molar-refractivity contribution in [3.8, 4) is 11.5 Å². The molecule has 0 aromatic heterocycles. The van der Waals surface area contributed by atoms with Crippen molar-refractivity contribution >= 4 is 21.6 Å². The fourth-order valence-corrected chi connectivity index (χ4v) is 3.30. The van der Waals surface area contributed by atoms with E-state index in [0.29, 0.717) is 23.8 Å². The van der Waals surface area contributed by atoms with Crippen molar-refractivity contribution in [2.75, 3.05) is 31.6 Å². The van der Waals surface area contributed by atoms with Gasteiger partial charge in [0.1, 0.15) is 0 Å². The molecule has 1 amide bonds. The molecule has 0 radical (unpaired) electrons. The summed E-state index contributed by atoms with van der Waals surface area (Å²) in [7, 11) is -3.68. The van der Waals surface area contributed by atoms with Gasteiger partial charge in [-0.05, 0) is 37.3 Å². The number of carbonyl (C=O) groups excluding carboxylic acids is 1. The maximum absolute atomic E-state index is 12.1. The van der Waals surface area contributed by atoms with Crippen molar-refractivity contribution in [2.24, 2.45) is 5.73 Å². The highest BCUT2D eigenvalue weighted by atomic mass is 32.2. The molecule has 0 saturated heterocycles. The van der Waals surface area contributed by atoms with E-state index >= 15 is 0 Å². The molecule has 0 atom stereocenters. The molecule has 2 rings (SSSR count). The van der Waals surface area contributed by atoms with Gasteiger partial charge in [0.05, 0.1) is 11.5 Å². The van der Waals surface area contributed by atoms with Gasteiger partial charge in [0.25, 0.3) is 5.91 Å². The third-order valence-electron chi connectivity index (χ3n) is 3.37. The monoisotopic (exact) mass is 393 g/mol. The molecule has 9 heteroatoms. The van der Waals surface area contributed by atoms with Crippen molar-refractivity contribution in [1.82, 2.24) is 4.72 Å². The summed E-state index contributed by atoms with van der Waals surface area (Å²) in [5.41, 5.74) is 5.66. The molecule has 8 nitrogen and oxygen atoms in total. The number of rotatable bonds is 10. The first-order valence-corrected chi connectivity index (χ1v) is 9.89. The number of hydrogen-bond acceptors (Lipinski definition) is 6. The molecule has 4 N–H and O–H groups in total. The molecule has 0 bridgehead atoms. The fourth-order valence-electron chi connectivity index (χ4n) is 2.20. The Morgan fingerprint density at radius 3 is 2.44 bits per heavy atom. The summed E-state index contributed by atoms with van der Waals surface area (Å²) in [6, 6.07) is 13.0. The minimum absolute atomic E-state index is 0.0383. The van der Waals surface area contributed by atoms with Gasteiger partial charge in [-0.1, -0.05) is 18.2 Å². The highest BCUT2D eigenvalue weighted by Gasteiger charge is 2.14. The Bertz CT molecular complexity index is 871. The van der Waals surface area contributed by atoms with E-state index in [1.807, 2.05) is 13.0 Å². The smallest absolute Gasteiger partial charge is 0.262 e. The van der Waals surface area contributed by atoms with Crippen LogP contribution in [0.15, 0.2) is 53.4 Å². The first kappa shape index (κ1) is 20.7. The topological polar surface area (TPSA) is 120 Å². The third-order valence-corrected chi connectivity index (χ3v) is 4.83. The Morgan fingerprint density at radius 2 is 1.78 bits per heavy atom. The normalized spacial score (nSPS) is 11.0. The average molecular weight is 393 g/mol. The van der Waals surface area contributed by atoms with Crippen LogP contribution in [0.1, 0.15) is 6.92 Å². The van der Waals surface area contributed by atoms with Crippen molar-refractivity contribution in [1.29, 1.82) is 0 Å². The standard InChI is InChI=1S/C18H23N3O5S/c1-2-25-16-8-3-4-9-17(16)26-13-18(22)21-14-6-5-7-15(12-14)27(23,24)20-11-10-19/h3-9,12,20H,2,10-11,13,19H2,1H3,(H,21,22). The summed E-state index contributed by atoms with van der Waals surface area (Å²) in [5.74, 6) is 0.578. The summed E-state index contributed by atoms with van der Waals surface area (Å²) >= 11 is 0. The lowest BCUT2D eigenvalue weighted by atomic mass is 10.3. The molecule has 27 heavy (non-hydrogen) atoms. The van der Waals surface area contributed by atoms with Crippen LogP contribution in [0.4, 0.5) is 5.69 Å². The molecule has 0 saturated carbocycles. The highest BCUT2D eigenvalue weighted by Crippen LogP contribution is 2.26. The lowest BCUT2D eigenvalue weighted by molar-refractivity contribution is -0.118. The van der Waals surface area contributed by atoms with Crippen molar-refractivity contribution in [3.63, 3.8) is 0 Å². The van der Waals surface area contributed by atoms with Crippen LogP contribution in [0.25, 0.3) is 0 Å². The molecule has 0 spiro atoms. The first-order valence-electron chi connectivity index (χ1n) is 8.40. The lowest BCUT2D eigenvalue weighted by Crippen LogP contribution is -2.29. The quantitative estimate of drug-likeness (QED) is 0.560. The van der Waals surface area contributed by atoms with Gasteiger partial charge in [-0.25, -0.2) is 13.1 Å². The summed E-state index contributed by atoms with van der Waals surface area (Å²) in [6.45, 7) is 2.41. The Kier molecular flexibility index (Phi) is 7.59. The van der Waals surface area contributed by atoms with E-state index in [2.05, 4.69) is 10.0 Å². The van der Waals surface area contributed by atoms with Crippen molar-refractivity contribution in [2.45, 2.75) is 11.8 Å². The van der Waals surface area contributed by atoms with Gasteiger partial charge in [-0.2, -0.15) is 0 Å². The van der Waals surface area contributed by atoms with Crippen LogP contribution in [0.2, 0.25) is 0 Å². The zero-order chi connectivity index (χ0) is 19.7. The predicted octanol–water partition coefficient (Wildman–Crippen LogP) is 1.34. The van der Waals surface area contributed by atoms with E-state index in [1.165, 1.54) is 18.2 Å². The molecule has 0 fully saturated rings. The van der Waals surface area contributed by atoms with Crippen LogP contribution in [-0.4, -0.2) is 40.6 Å². The third kappa shape index (κ3) is 6.24. The van der Waals surface area contributed by atoms with E-state index in [4.69, 9.17) is 15.2 Å². The van der Waals surface area contributed by atoms with Crippen molar-refractivity contribution in [3.05, 3.63) is 48.5 Å². The molecule has 2 aromatic carbocycles. The number of sulfonamides is 1. The Balaban J connectivity index is 1.99. The number of hydrogen-bond donors (Lipinski definition) is 3. The van der Waals surface area contributed by atoms with Crippen LogP contribution in [0.5, 0.6) is 11.5 Å². The molecule has 0 heterocycles. The molecular weight excluding hydrogens is 370 g/mol. The first-order chi connectivity index (χ1) is 13.0. The number of amides is 1. The number of nitrogens with one attached hydrogen (secondary N) is 2. The number of ether oxygens (including phenoxy) is 2. The van der Waals surface area contributed by atoms with E-state index in [1.54, 1.807) is 24.3 Å². The Morgan fingerprint density at radius 1 is 1.07 bits per heavy atom. The molecular formula is C18H23N3O5S. The maximum Gasteiger partial charge on any atom is 0.262 e. The van der Waals surface area contributed by atoms with Crippen LogP contribution < -0.4 is 25.2 Å². The maximum atomic E-state index is 12.1. The van der Waals surface area contributed by atoms with E-state index in [-0.39, 0.29) is 24.6 Å². The van der Waals surface area contributed by atoms with E-state index in [0.717, 1.165) is 0 Å². The lowest BCUT2D eigenvalue weighted by Gasteiger charge is -2.12. The summed E-state index contributed by atoms with van der Waals surface area (Å²) in [4.78, 5) is 12.2. The zero-order valence-electron chi connectivity index (χ0n) is 15.0. The highest BCUT2D eigenvalue weighted by molar-refractivity contribution is 7.89. The van der Waals surface area contributed by atoms with Gasteiger partial charge in [-0.3, -0.25) is 4.79 Å². The number of para-hydroxylation sites is 2. The van der Waals surface area contributed by atoms with Crippen LogP contribution in [0.3, 0.4) is 0 Å². The second-order valence-corrected chi connectivity index (χ2v) is 7.20. The molecule has 0 aliphatic rings. The summed E-state index contributed by atoms with van der Waals surface area (Å²) in [6.07, 6.45) is 0. The molecule has 146 valence electrons. The van der Waals surface area contributed by atoms with Gasteiger partial charge < -0.3 is 20.5 Å². The molecule has 2 aromatic rings. The molecule has 0 aliphatic heterocycles. The second-order valence-electron chi connectivity index (χ2n) is 5.43. The second kappa shape index (κ2) is 9.91. The van der Waals surface area contributed by atoms with Gasteiger partial charge in [0.15, 0.2) is 18.1 Å². The summed E-state index contributed by atoms with van der Waals surface area (Å²) < 4.78 is 37.5. The molecule has 0 aliphatic carbocycles. The minimum atomic E-state index is -3.68. The number of benzene rings is 2. The van der Waals surface area contributed by atoms with Crippen LogP contribution in [-0.2, 0) is 14.8 Å². The van der Waals surface area contributed by atoms with Gasteiger partial charge >= 0.3 is 0 Å². The Hall–Kier alpha value is -2.62. The zero-order valence-corrected chi connectivity index (χ0v) is 15.8. The summed E-state index contributed by atoms with van der Waals surface area (Å²) in [5, 5.41) is 2.61. The number of anilines is 1. The van der Waals surface area contributed by atoms with Crippen LogP contribution in [0, 0.1) is 0 Å². The van der Waals surface area contributed by atoms with Gasteiger partial charge in [0.2, 0.25) is 10.0 Å². The molecule has 0 unspecified atom stereocenters.